The van der Waals surface area contributed by atoms with Crippen LogP contribution in [0.5, 0.6) is 5.75 Å². The van der Waals surface area contributed by atoms with Gasteiger partial charge in [0.25, 0.3) is 0 Å². The largest absolute Gasteiger partial charge is 0.484 e. The molecule has 0 spiro atoms. The molecular formula is C15H20ClF3N2O2. The molecule has 0 heterocycles. The van der Waals surface area contributed by atoms with Gasteiger partial charge in [0.1, 0.15) is 5.75 Å². The Balaban J connectivity index is 0.00000264. The van der Waals surface area contributed by atoms with Crippen molar-refractivity contribution in [2.75, 3.05) is 6.61 Å². The molecule has 0 aromatic heterocycles. The van der Waals surface area contributed by atoms with E-state index in [0.29, 0.717) is 12.8 Å². The number of hydrogen-bond acceptors (Lipinski definition) is 3. The number of benzene rings is 1. The molecule has 1 saturated carbocycles. The van der Waals surface area contributed by atoms with Gasteiger partial charge in [0.05, 0.1) is 5.54 Å². The maximum atomic E-state index is 12.0. The Morgan fingerprint density at radius 3 is 2.30 bits per heavy atom. The van der Waals surface area contributed by atoms with E-state index in [1.807, 2.05) is 0 Å². The predicted octanol–water partition coefficient (Wildman–Crippen LogP) is 2.94. The van der Waals surface area contributed by atoms with Gasteiger partial charge in [-0.05, 0) is 30.5 Å². The minimum atomic E-state index is -4.36. The number of ether oxygens (including phenoxy) is 1. The number of halogens is 4. The minimum absolute atomic E-state index is 0. The van der Waals surface area contributed by atoms with Gasteiger partial charge < -0.3 is 15.8 Å². The van der Waals surface area contributed by atoms with Gasteiger partial charge in [-0.15, -0.1) is 12.4 Å². The number of nitrogens with two attached hydrogens (primary N) is 1. The number of nitrogens with one attached hydrogen (secondary N) is 1. The Morgan fingerprint density at radius 1 is 1.22 bits per heavy atom. The van der Waals surface area contributed by atoms with Gasteiger partial charge in [-0.25, -0.2) is 0 Å². The van der Waals surface area contributed by atoms with Crippen molar-refractivity contribution in [2.45, 2.75) is 43.9 Å². The summed E-state index contributed by atoms with van der Waals surface area (Å²) in [5.74, 6) is -0.0408. The fourth-order valence-electron chi connectivity index (χ4n) is 2.46. The average Bonchev–Trinajstić information content (AvgIpc) is 2.91. The second kappa shape index (κ2) is 7.88. The first-order valence-corrected chi connectivity index (χ1v) is 7.14. The second-order valence-electron chi connectivity index (χ2n) is 5.59. The summed E-state index contributed by atoms with van der Waals surface area (Å²) in [5, 5.41) is 2.77. The highest BCUT2D eigenvalue weighted by Crippen LogP contribution is 2.27. The molecule has 0 aliphatic heterocycles. The third kappa shape index (κ3) is 5.91. The van der Waals surface area contributed by atoms with Crippen LogP contribution < -0.4 is 15.8 Å². The Bertz CT molecular complexity index is 514. The van der Waals surface area contributed by atoms with E-state index >= 15 is 0 Å². The topological polar surface area (TPSA) is 64.4 Å². The number of amides is 1. The van der Waals surface area contributed by atoms with E-state index in [1.54, 1.807) is 12.1 Å². The zero-order valence-corrected chi connectivity index (χ0v) is 13.3. The number of carbonyl (C=O) groups excluding carboxylic acids is 1. The van der Waals surface area contributed by atoms with Crippen molar-refractivity contribution in [3.8, 4) is 5.75 Å². The van der Waals surface area contributed by atoms with Gasteiger partial charge in [0.15, 0.2) is 6.61 Å². The Morgan fingerprint density at radius 2 is 1.78 bits per heavy atom. The van der Waals surface area contributed by atoms with Gasteiger partial charge >= 0.3 is 6.18 Å². The third-order valence-electron chi connectivity index (χ3n) is 3.73. The zero-order valence-electron chi connectivity index (χ0n) is 12.5. The molecule has 1 aliphatic carbocycles. The maximum Gasteiger partial charge on any atom is 0.422 e. The van der Waals surface area contributed by atoms with E-state index < -0.39 is 18.3 Å². The highest BCUT2D eigenvalue weighted by Gasteiger charge is 2.36. The van der Waals surface area contributed by atoms with Crippen LogP contribution in [0.4, 0.5) is 13.2 Å². The maximum absolute atomic E-state index is 12.0. The predicted molar refractivity (Wildman–Crippen MR) is 82.5 cm³/mol. The van der Waals surface area contributed by atoms with E-state index in [9.17, 15) is 18.0 Å². The van der Waals surface area contributed by atoms with Crippen molar-refractivity contribution in [1.29, 1.82) is 0 Å². The van der Waals surface area contributed by atoms with Gasteiger partial charge in [-0.2, -0.15) is 13.2 Å². The molecule has 4 nitrogen and oxygen atoms in total. The lowest BCUT2D eigenvalue weighted by Crippen LogP contribution is -2.51. The van der Waals surface area contributed by atoms with E-state index in [2.05, 4.69) is 10.1 Å². The molecule has 0 unspecified atom stereocenters. The van der Waals surface area contributed by atoms with Crippen LogP contribution in [0.2, 0.25) is 0 Å². The molecule has 0 bridgehead atoms. The van der Waals surface area contributed by atoms with E-state index in [4.69, 9.17) is 5.73 Å². The second-order valence-corrected chi connectivity index (χ2v) is 5.59. The molecule has 0 atom stereocenters. The SMILES string of the molecule is Cl.NC1(C(=O)NCc2ccc(OCC(F)(F)F)cc2)CCCC1. The van der Waals surface area contributed by atoms with Crippen LogP contribution in [-0.4, -0.2) is 24.2 Å². The summed E-state index contributed by atoms with van der Waals surface area (Å²) < 4.78 is 40.7. The van der Waals surface area contributed by atoms with Gasteiger partial charge in [0, 0.05) is 6.54 Å². The monoisotopic (exact) mass is 352 g/mol. The average molecular weight is 353 g/mol. The van der Waals surface area contributed by atoms with Crippen molar-refractivity contribution in [1.82, 2.24) is 5.32 Å². The molecule has 1 aromatic carbocycles. The highest BCUT2D eigenvalue weighted by atomic mass is 35.5. The molecule has 2 rings (SSSR count). The normalized spacial score (nSPS) is 16.5. The van der Waals surface area contributed by atoms with Crippen LogP contribution in [-0.2, 0) is 11.3 Å². The van der Waals surface area contributed by atoms with Gasteiger partial charge in [-0.3, -0.25) is 4.79 Å². The molecule has 8 heteroatoms. The molecule has 3 N–H and O–H groups in total. The third-order valence-corrected chi connectivity index (χ3v) is 3.73. The van der Waals surface area contributed by atoms with Crippen LogP contribution >= 0.6 is 12.4 Å². The molecule has 23 heavy (non-hydrogen) atoms. The summed E-state index contributed by atoms with van der Waals surface area (Å²) in [6.45, 7) is -1.03. The number of rotatable bonds is 5. The fraction of sp³-hybridized carbons (Fsp3) is 0.533. The highest BCUT2D eigenvalue weighted by molar-refractivity contribution is 5.86. The zero-order chi connectivity index (χ0) is 16.2. The van der Waals surface area contributed by atoms with Crippen LogP contribution in [0.15, 0.2) is 24.3 Å². The Labute approximate surface area is 139 Å². The summed E-state index contributed by atoms with van der Waals surface area (Å²) in [4.78, 5) is 12.0. The number of alkyl halides is 3. The quantitative estimate of drug-likeness (QED) is 0.856. The molecule has 130 valence electrons. The molecule has 1 aromatic rings. The summed E-state index contributed by atoms with van der Waals surface area (Å²) in [5.41, 5.74) is 6.02. The van der Waals surface area contributed by atoms with E-state index in [0.717, 1.165) is 18.4 Å². The molecular weight excluding hydrogens is 333 g/mol. The lowest BCUT2D eigenvalue weighted by Gasteiger charge is -2.22. The summed E-state index contributed by atoms with van der Waals surface area (Å²) in [6.07, 6.45) is -1.08. The van der Waals surface area contributed by atoms with Crippen LogP contribution in [0.25, 0.3) is 0 Å². The summed E-state index contributed by atoms with van der Waals surface area (Å²) >= 11 is 0. The molecule has 0 saturated heterocycles. The van der Waals surface area contributed by atoms with Crippen molar-refractivity contribution in [2.24, 2.45) is 5.73 Å². The number of carbonyl (C=O) groups is 1. The Kier molecular flexibility index (Phi) is 6.70. The van der Waals surface area contributed by atoms with E-state index in [-0.39, 0.29) is 30.6 Å². The van der Waals surface area contributed by atoms with Crippen LogP contribution in [0.1, 0.15) is 31.2 Å². The first-order chi connectivity index (χ1) is 10.3. The summed E-state index contributed by atoms with van der Waals surface area (Å²) in [6, 6.07) is 6.12. The first kappa shape index (κ1) is 19.6. The smallest absolute Gasteiger partial charge is 0.422 e. The standard InChI is InChI=1S/C15H19F3N2O2.ClH/c16-15(17,18)10-22-12-5-3-11(4-6-12)9-20-13(21)14(19)7-1-2-8-14;/h3-6H,1-2,7-10,19H2,(H,20,21);1H. The fourth-order valence-corrected chi connectivity index (χ4v) is 2.46. The molecule has 1 amide bonds. The van der Waals surface area contributed by atoms with Crippen molar-refractivity contribution >= 4 is 18.3 Å². The van der Waals surface area contributed by atoms with Gasteiger partial charge in [0.2, 0.25) is 5.91 Å². The molecule has 1 fully saturated rings. The van der Waals surface area contributed by atoms with Crippen molar-refractivity contribution < 1.29 is 22.7 Å². The molecule has 0 radical (unpaired) electrons. The van der Waals surface area contributed by atoms with Crippen molar-refractivity contribution in [3.63, 3.8) is 0 Å². The number of hydrogen-bond donors (Lipinski definition) is 2. The van der Waals surface area contributed by atoms with E-state index in [1.165, 1.54) is 12.1 Å². The minimum Gasteiger partial charge on any atom is -0.484 e. The first-order valence-electron chi connectivity index (χ1n) is 7.14. The van der Waals surface area contributed by atoms with Gasteiger partial charge in [-0.1, -0.05) is 25.0 Å². The molecule has 1 aliphatic rings. The van der Waals surface area contributed by atoms with Crippen LogP contribution in [0, 0.1) is 0 Å². The van der Waals surface area contributed by atoms with Crippen LogP contribution in [0.3, 0.4) is 0 Å². The van der Waals surface area contributed by atoms with Crippen molar-refractivity contribution in [3.05, 3.63) is 29.8 Å². The Hall–Kier alpha value is -1.47. The summed E-state index contributed by atoms with van der Waals surface area (Å²) in [7, 11) is 0. The lowest BCUT2D eigenvalue weighted by atomic mass is 9.98. The lowest BCUT2D eigenvalue weighted by molar-refractivity contribution is -0.153.